The molecule has 1 aromatic carbocycles. The summed E-state index contributed by atoms with van der Waals surface area (Å²) >= 11 is 0. The number of esters is 1. The molecule has 0 radical (unpaired) electrons. The smallest absolute Gasteiger partial charge is 0.430 e. The van der Waals surface area contributed by atoms with Crippen molar-refractivity contribution in [2.24, 2.45) is 5.28 Å². The van der Waals surface area contributed by atoms with Gasteiger partial charge in [0.15, 0.2) is 0 Å². The van der Waals surface area contributed by atoms with Crippen LogP contribution >= 0.6 is 10.2 Å². The molecule has 1 aromatic rings. The third kappa shape index (κ3) is 6.46. The molecular formula is C19H21F8N3O6S. The maximum absolute atomic E-state index is 13.6. The van der Waals surface area contributed by atoms with E-state index in [2.05, 4.69) is 14.9 Å². The fourth-order valence-corrected chi connectivity index (χ4v) is 4.47. The van der Waals surface area contributed by atoms with Crippen molar-refractivity contribution in [2.45, 2.75) is 56.2 Å². The zero-order valence-electron chi connectivity index (χ0n) is 19.1. The zero-order chi connectivity index (χ0) is 28.0. The largest absolute Gasteiger partial charge is 0.569 e. The SMILES string of the molecule is Cc1cc(S(F)(F)(F)(F)F)cc2c1O[C@H](C(F)(F)F)C(C(=O)OC(C)O/N=[N+](\[O-])N1CCC[C@H]1CO)=C2. The van der Waals surface area contributed by atoms with Crippen molar-refractivity contribution >= 4 is 22.3 Å². The topological polar surface area (TPSA) is 107 Å². The van der Waals surface area contributed by atoms with Gasteiger partial charge < -0.3 is 19.8 Å². The van der Waals surface area contributed by atoms with E-state index >= 15 is 0 Å². The first-order valence-corrected chi connectivity index (χ1v) is 12.4. The fraction of sp³-hybridized carbons (Fsp3) is 0.526. The van der Waals surface area contributed by atoms with E-state index in [1.165, 1.54) is 0 Å². The summed E-state index contributed by atoms with van der Waals surface area (Å²) in [4.78, 5) is 14.7. The molecule has 2 aliphatic heterocycles. The van der Waals surface area contributed by atoms with Crippen LogP contribution in [-0.4, -0.2) is 58.8 Å². The number of hydrogen-bond donors (Lipinski definition) is 1. The number of alkyl halides is 3. The third-order valence-electron chi connectivity index (χ3n) is 5.40. The lowest BCUT2D eigenvalue weighted by atomic mass is 9.99. The molecule has 37 heavy (non-hydrogen) atoms. The van der Waals surface area contributed by atoms with Gasteiger partial charge in [-0.15, -0.1) is 5.01 Å². The predicted molar refractivity (Wildman–Crippen MR) is 111 cm³/mol. The Bertz CT molecular complexity index is 1140. The number of hydrazine groups is 1. The van der Waals surface area contributed by atoms with E-state index in [9.17, 15) is 47.7 Å². The number of fused-ring (bicyclic) bond motifs is 1. The molecule has 0 aromatic heterocycles. The van der Waals surface area contributed by atoms with Crippen molar-refractivity contribution in [3.05, 3.63) is 34.0 Å². The Morgan fingerprint density at radius 1 is 1.32 bits per heavy atom. The van der Waals surface area contributed by atoms with Gasteiger partial charge in [-0.05, 0) is 43.5 Å². The number of nitrogens with zero attached hydrogens (tertiary/aromatic N) is 3. The van der Waals surface area contributed by atoms with Gasteiger partial charge >= 0.3 is 22.4 Å². The molecule has 0 bridgehead atoms. The van der Waals surface area contributed by atoms with Crippen molar-refractivity contribution in [3.63, 3.8) is 0 Å². The number of benzene rings is 1. The van der Waals surface area contributed by atoms with Crippen LogP contribution < -0.4 is 4.74 Å². The van der Waals surface area contributed by atoms with Gasteiger partial charge in [0.05, 0.1) is 23.7 Å². The Kier molecular flexibility index (Phi) is 6.77. The normalized spacial score (nSPS) is 23.3. The van der Waals surface area contributed by atoms with Crippen LogP contribution in [-0.2, 0) is 14.4 Å². The number of aryl methyl sites for hydroxylation is 1. The van der Waals surface area contributed by atoms with Crippen LogP contribution in [0.2, 0.25) is 0 Å². The lowest BCUT2D eigenvalue weighted by Crippen LogP contribution is -2.41. The molecule has 0 aliphatic carbocycles. The average molecular weight is 571 g/mol. The maximum atomic E-state index is 13.6. The average Bonchev–Trinajstić information content (AvgIpc) is 3.23. The fourth-order valence-electron chi connectivity index (χ4n) is 3.72. The predicted octanol–water partition coefficient (Wildman–Crippen LogP) is 5.51. The first-order chi connectivity index (χ1) is 16.7. The maximum Gasteiger partial charge on any atom is 0.430 e. The minimum absolute atomic E-state index is 0.0414. The van der Waals surface area contributed by atoms with E-state index in [4.69, 9.17) is 4.74 Å². The van der Waals surface area contributed by atoms with Crippen molar-refractivity contribution < 1.29 is 61.8 Å². The van der Waals surface area contributed by atoms with Gasteiger partial charge in [-0.2, -0.15) is 13.2 Å². The van der Waals surface area contributed by atoms with Crippen LogP contribution in [0.1, 0.15) is 30.9 Å². The van der Waals surface area contributed by atoms with Crippen molar-refractivity contribution in [2.75, 3.05) is 13.2 Å². The van der Waals surface area contributed by atoms with Crippen molar-refractivity contribution in [1.82, 2.24) is 5.01 Å². The number of aliphatic hydroxyl groups is 1. The van der Waals surface area contributed by atoms with Crippen molar-refractivity contribution in [3.8, 4) is 5.75 Å². The molecule has 0 spiro atoms. The minimum Gasteiger partial charge on any atom is -0.569 e. The quantitative estimate of drug-likeness (QED) is 0.115. The van der Waals surface area contributed by atoms with Crippen LogP contribution in [0.3, 0.4) is 0 Å². The van der Waals surface area contributed by atoms with Crippen LogP contribution in [0.5, 0.6) is 5.75 Å². The third-order valence-corrected chi connectivity index (χ3v) is 6.53. The van der Waals surface area contributed by atoms with Crippen molar-refractivity contribution in [1.29, 1.82) is 0 Å². The summed E-state index contributed by atoms with van der Waals surface area (Å²) in [6, 6.07) is -0.722. The van der Waals surface area contributed by atoms with Gasteiger partial charge in [0, 0.05) is 12.5 Å². The lowest BCUT2D eigenvalue weighted by molar-refractivity contribution is -0.716. The molecule has 2 heterocycles. The van der Waals surface area contributed by atoms with Gasteiger partial charge in [0.2, 0.25) is 11.4 Å². The standard InChI is InChI=1S/C19H21F8N3O6S/c1-10-6-14(37(23,24,25,26)27)7-12-8-15(17(19(20,21)22)35-16(10)12)18(32)34-11(2)36-28-30(33)29-5-3-4-13(29)9-31/h6-8,11,13,17,31H,3-5,9H2,1-2H3/b30-28-/t11?,13-,17-/m0/s1. The Morgan fingerprint density at radius 3 is 2.54 bits per heavy atom. The summed E-state index contributed by atoms with van der Waals surface area (Å²) in [5.74, 6) is -2.56. The second-order valence-electron chi connectivity index (χ2n) is 8.32. The van der Waals surface area contributed by atoms with Gasteiger partial charge in [0.1, 0.15) is 16.7 Å². The molecule has 0 amide bonds. The molecule has 1 N–H and O–H groups in total. The van der Waals surface area contributed by atoms with Crippen LogP contribution in [0.25, 0.3) is 6.08 Å². The summed E-state index contributed by atoms with van der Waals surface area (Å²) in [5.41, 5.74) is -2.88. The minimum atomic E-state index is -10.2. The van der Waals surface area contributed by atoms with E-state index in [1.807, 2.05) is 0 Å². The number of ether oxygens (including phenoxy) is 2. The molecular weight excluding hydrogens is 550 g/mol. The summed E-state index contributed by atoms with van der Waals surface area (Å²) in [6.07, 6.45) is -8.70. The van der Waals surface area contributed by atoms with Gasteiger partial charge in [-0.1, -0.05) is 19.4 Å². The molecule has 2 aliphatic rings. The summed E-state index contributed by atoms with van der Waals surface area (Å²) in [7, 11) is -10.2. The highest BCUT2D eigenvalue weighted by molar-refractivity contribution is 8.45. The Morgan fingerprint density at radius 2 is 1.97 bits per heavy atom. The Labute approximate surface area is 204 Å². The van der Waals surface area contributed by atoms with Crippen LogP contribution in [0.15, 0.2) is 27.9 Å². The molecule has 210 valence electrons. The highest BCUT2D eigenvalue weighted by Gasteiger charge is 2.65. The van der Waals surface area contributed by atoms with E-state index in [0.29, 0.717) is 18.9 Å². The molecule has 9 nitrogen and oxygen atoms in total. The Balaban J connectivity index is 1.88. The summed E-state index contributed by atoms with van der Waals surface area (Å²) in [6.45, 7) is 1.66. The lowest BCUT2D eigenvalue weighted by Gasteiger charge is -2.41. The van der Waals surface area contributed by atoms with E-state index < -0.39 is 68.2 Å². The molecule has 3 rings (SSSR count). The number of aliphatic hydroxyl groups excluding tert-OH is 1. The van der Waals surface area contributed by atoms with Crippen LogP contribution in [0, 0.1) is 12.1 Å². The number of carbonyl (C=O) groups excluding carboxylic acids is 1. The number of hydrogen-bond acceptors (Lipinski definition) is 7. The zero-order valence-corrected chi connectivity index (χ0v) is 19.9. The van der Waals surface area contributed by atoms with Crippen LogP contribution in [0.4, 0.5) is 32.6 Å². The first-order valence-electron chi connectivity index (χ1n) is 10.5. The first kappa shape index (κ1) is 28.5. The molecule has 1 fully saturated rings. The molecule has 3 atom stereocenters. The highest BCUT2D eigenvalue weighted by Crippen LogP contribution is 3.02. The second-order valence-corrected chi connectivity index (χ2v) is 10.7. The second kappa shape index (κ2) is 8.78. The summed E-state index contributed by atoms with van der Waals surface area (Å²) < 4.78 is 117. The molecule has 1 unspecified atom stereocenters. The van der Waals surface area contributed by atoms with Gasteiger partial charge in [-0.3, -0.25) is 4.84 Å². The van der Waals surface area contributed by atoms with E-state index in [-0.39, 0.29) is 30.3 Å². The highest BCUT2D eigenvalue weighted by atomic mass is 32.5. The molecule has 18 heteroatoms. The molecule has 0 saturated carbocycles. The Hall–Kier alpha value is -3.02. The van der Waals surface area contributed by atoms with Gasteiger partial charge in [-0.25, -0.2) is 4.79 Å². The monoisotopic (exact) mass is 571 g/mol. The number of rotatable bonds is 7. The molecule has 1 saturated heterocycles. The van der Waals surface area contributed by atoms with E-state index in [1.54, 1.807) is 0 Å². The summed E-state index contributed by atoms with van der Waals surface area (Å²) in [5, 5.41) is 25.4. The van der Waals surface area contributed by atoms with Gasteiger partial charge in [0.25, 0.3) is 6.29 Å². The number of halogens is 8. The number of carbonyl (C=O) groups is 1. The van der Waals surface area contributed by atoms with E-state index in [0.717, 1.165) is 18.9 Å².